The molecule has 0 unspecified atom stereocenters. The zero-order valence-electron chi connectivity index (χ0n) is 24.3. The summed E-state index contributed by atoms with van der Waals surface area (Å²) in [7, 11) is 1.65. The SMILES string of the molecule is COc1ccc(CNCC(=O)N2CC[C@@H](CC(=O)NCc3ccccc3)[C@@H](CCCOc3ccccc3C)C2)cc1. The molecule has 1 aliphatic rings. The number of nitrogens with zero attached hydrogens (tertiary/aromatic N) is 1. The molecule has 0 bridgehead atoms. The van der Waals surface area contributed by atoms with Gasteiger partial charge in [0.25, 0.3) is 0 Å². The molecule has 0 spiro atoms. The van der Waals surface area contributed by atoms with Crippen molar-refractivity contribution in [3.05, 3.63) is 95.6 Å². The summed E-state index contributed by atoms with van der Waals surface area (Å²) in [5.41, 5.74) is 3.32. The van der Waals surface area contributed by atoms with Crippen molar-refractivity contribution in [1.29, 1.82) is 0 Å². The Morgan fingerprint density at radius 3 is 2.39 bits per heavy atom. The molecule has 0 saturated carbocycles. The minimum Gasteiger partial charge on any atom is -0.497 e. The summed E-state index contributed by atoms with van der Waals surface area (Å²) in [5.74, 6) is 2.38. The average Bonchev–Trinajstić information content (AvgIpc) is 3.00. The van der Waals surface area contributed by atoms with Gasteiger partial charge in [0, 0.05) is 32.6 Å². The number of likely N-dealkylation sites (tertiary alicyclic amines) is 1. The summed E-state index contributed by atoms with van der Waals surface area (Å²) < 4.78 is 11.3. The molecule has 1 aliphatic heterocycles. The van der Waals surface area contributed by atoms with E-state index in [0.717, 1.165) is 47.5 Å². The van der Waals surface area contributed by atoms with E-state index in [1.165, 1.54) is 0 Å². The smallest absolute Gasteiger partial charge is 0.236 e. The highest BCUT2D eigenvalue weighted by molar-refractivity contribution is 5.78. The Hall–Kier alpha value is -3.84. The lowest BCUT2D eigenvalue weighted by Gasteiger charge is -2.38. The first-order chi connectivity index (χ1) is 20.0. The number of carbonyl (C=O) groups excluding carboxylic acids is 2. The van der Waals surface area contributed by atoms with Crippen molar-refractivity contribution in [3.63, 3.8) is 0 Å². The number of hydrogen-bond acceptors (Lipinski definition) is 5. The van der Waals surface area contributed by atoms with Crippen LogP contribution in [0.4, 0.5) is 0 Å². The van der Waals surface area contributed by atoms with Gasteiger partial charge in [-0.05, 0) is 72.9 Å². The second kappa shape index (κ2) is 15.8. The van der Waals surface area contributed by atoms with Crippen LogP contribution < -0.4 is 20.1 Å². The molecule has 2 atom stereocenters. The van der Waals surface area contributed by atoms with Crippen molar-refractivity contribution in [3.8, 4) is 11.5 Å². The number of aryl methyl sites for hydroxylation is 1. The maximum atomic E-state index is 13.1. The number of carbonyl (C=O) groups is 2. The highest BCUT2D eigenvalue weighted by Gasteiger charge is 2.32. The molecule has 3 aromatic carbocycles. The molecule has 41 heavy (non-hydrogen) atoms. The number of nitrogens with one attached hydrogen (secondary N) is 2. The van der Waals surface area contributed by atoms with Gasteiger partial charge in [0.15, 0.2) is 0 Å². The van der Waals surface area contributed by atoms with Crippen molar-refractivity contribution in [2.75, 3.05) is 33.4 Å². The Kier molecular flexibility index (Phi) is 11.6. The summed E-state index contributed by atoms with van der Waals surface area (Å²) in [6, 6.07) is 25.9. The Bertz CT molecular complexity index is 1230. The second-order valence-electron chi connectivity index (χ2n) is 10.8. The summed E-state index contributed by atoms with van der Waals surface area (Å²) in [5, 5.41) is 6.37. The second-order valence-corrected chi connectivity index (χ2v) is 10.8. The van der Waals surface area contributed by atoms with Crippen molar-refractivity contribution in [2.45, 2.75) is 45.7 Å². The molecule has 0 radical (unpaired) electrons. The first kappa shape index (κ1) is 30.1. The van der Waals surface area contributed by atoms with Crippen LogP contribution in [0.1, 0.15) is 42.4 Å². The van der Waals surface area contributed by atoms with E-state index in [1.54, 1.807) is 7.11 Å². The number of hydrogen-bond donors (Lipinski definition) is 2. The lowest BCUT2D eigenvalue weighted by atomic mass is 9.80. The van der Waals surface area contributed by atoms with Crippen LogP contribution in [0.2, 0.25) is 0 Å². The van der Waals surface area contributed by atoms with E-state index in [9.17, 15) is 9.59 Å². The van der Waals surface area contributed by atoms with Crippen LogP contribution in [0.15, 0.2) is 78.9 Å². The Morgan fingerprint density at radius 2 is 1.63 bits per heavy atom. The average molecular weight is 558 g/mol. The molecular formula is C34H43N3O4. The third kappa shape index (κ3) is 9.64. The number of piperidine rings is 1. The zero-order valence-corrected chi connectivity index (χ0v) is 24.3. The third-order valence-corrected chi connectivity index (χ3v) is 7.86. The van der Waals surface area contributed by atoms with Crippen LogP contribution in [0, 0.1) is 18.8 Å². The van der Waals surface area contributed by atoms with Crippen LogP contribution >= 0.6 is 0 Å². The van der Waals surface area contributed by atoms with E-state index >= 15 is 0 Å². The van der Waals surface area contributed by atoms with Crippen LogP contribution in [-0.4, -0.2) is 50.1 Å². The molecule has 1 saturated heterocycles. The van der Waals surface area contributed by atoms with Crippen LogP contribution in [0.3, 0.4) is 0 Å². The van der Waals surface area contributed by atoms with Gasteiger partial charge in [-0.2, -0.15) is 0 Å². The van der Waals surface area contributed by atoms with Crippen molar-refractivity contribution in [2.24, 2.45) is 11.8 Å². The zero-order chi connectivity index (χ0) is 28.9. The molecule has 2 amide bonds. The molecular weight excluding hydrogens is 514 g/mol. The number of benzene rings is 3. The predicted molar refractivity (Wildman–Crippen MR) is 162 cm³/mol. The van der Waals surface area contributed by atoms with Crippen molar-refractivity contribution < 1.29 is 19.1 Å². The Labute approximate surface area is 244 Å². The minimum absolute atomic E-state index is 0.0703. The van der Waals surface area contributed by atoms with Gasteiger partial charge in [-0.1, -0.05) is 60.7 Å². The fraction of sp³-hybridized carbons (Fsp3) is 0.412. The molecule has 1 heterocycles. The van der Waals surface area contributed by atoms with Crippen molar-refractivity contribution >= 4 is 11.8 Å². The maximum absolute atomic E-state index is 13.1. The highest BCUT2D eigenvalue weighted by Crippen LogP contribution is 2.30. The summed E-state index contributed by atoms with van der Waals surface area (Å²) >= 11 is 0. The lowest BCUT2D eigenvalue weighted by molar-refractivity contribution is -0.133. The van der Waals surface area contributed by atoms with Gasteiger partial charge in [-0.15, -0.1) is 0 Å². The van der Waals surface area contributed by atoms with E-state index in [4.69, 9.17) is 9.47 Å². The fourth-order valence-corrected chi connectivity index (χ4v) is 5.42. The van der Waals surface area contributed by atoms with Crippen LogP contribution in [-0.2, 0) is 22.7 Å². The predicted octanol–water partition coefficient (Wildman–Crippen LogP) is 5.12. The largest absolute Gasteiger partial charge is 0.497 e. The van der Waals surface area contributed by atoms with Gasteiger partial charge < -0.3 is 25.0 Å². The summed E-state index contributed by atoms with van der Waals surface area (Å²) in [6.07, 6.45) is 3.09. The number of amides is 2. The van der Waals surface area contributed by atoms with Crippen LogP contribution in [0.25, 0.3) is 0 Å². The number of para-hydroxylation sites is 1. The Morgan fingerprint density at radius 1 is 0.902 bits per heavy atom. The van der Waals surface area contributed by atoms with Gasteiger partial charge in [0.2, 0.25) is 11.8 Å². The first-order valence-electron chi connectivity index (χ1n) is 14.6. The topological polar surface area (TPSA) is 79.9 Å². The van der Waals surface area contributed by atoms with Gasteiger partial charge in [0.1, 0.15) is 11.5 Å². The lowest BCUT2D eigenvalue weighted by Crippen LogP contribution is -2.47. The molecule has 0 aliphatic carbocycles. The molecule has 0 aromatic heterocycles. The summed E-state index contributed by atoms with van der Waals surface area (Å²) in [6.45, 7) is 5.45. The normalized spacial score (nSPS) is 16.7. The van der Waals surface area contributed by atoms with E-state index in [-0.39, 0.29) is 30.2 Å². The molecule has 4 rings (SSSR count). The van der Waals surface area contributed by atoms with Gasteiger partial charge in [0.05, 0.1) is 20.3 Å². The monoisotopic (exact) mass is 557 g/mol. The quantitative estimate of drug-likeness (QED) is 0.269. The third-order valence-electron chi connectivity index (χ3n) is 7.86. The van der Waals surface area contributed by atoms with Gasteiger partial charge in [-0.25, -0.2) is 0 Å². The molecule has 7 heteroatoms. The van der Waals surface area contributed by atoms with E-state index in [1.807, 2.05) is 90.7 Å². The maximum Gasteiger partial charge on any atom is 0.236 e. The molecule has 3 aromatic rings. The van der Waals surface area contributed by atoms with E-state index in [2.05, 4.69) is 10.6 Å². The number of rotatable bonds is 14. The van der Waals surface area contributed by atoms with E-state index < -0.39 is 0 Å². The molecule has 7 nitrogen and oxygen atoms in total. The van der Waals surface area contributed by atoms with E-state index in [0.29, 0.717) is 39.2 Å². The standard InChI is InChI=1S/C34H43N3O4/c1-26-9-6-7-13-32(26)41-20-8-12-30-25-37(34(39)24-35-22-28-14-16-31(40-2)17-15-28)19-18-29(30)21-33(38)36-23-27-10-4-3-5-11-27/h3-7,9-11,13-17,29-30,35H,8,12,18-25H2,1-2H3,(H,36,38)/t29-,30-/m0/s1. The van der Waals surface area contributed by atoms with Gasteiger partial charge in [-0.3, -0.25) is 9.59 Å². The van der Waals surface area contributed by atoms with Crippen LogP contribution in [0.5, 0.6) is 11.5 Å². The van der Waals surface area contributed by atoms with Gasteiger partial charge >= 0.3 is 0 Å². The first-order valence-corrected chi connectivity index (χ1v) is 14.6. The summed E-state index contributed by atoms with van der Waals surface area (Å²) in [4.78, 5) is 28.0. The minimum atomic E-state index is 0.0703. The number of ether oxygens (including phenoxy) is 2. The number of methoxy groups -OCH3 is 1. The molecule has 2 N–H and O–H groups in total. The van der Waals surface area contributed by atoms with Crippen molar-refractivity contribution in [1.82, 2.24) is 15.5 Å². The Balaban J connectivity index is 1.29. The highest BCUT2D eigenvalue weighted by atomic mass is 16.5. The fourth-order valence-electron chi connectivity index (χ4n) is 5.42. The molecule has 218 valence electrons. The molecule has 1 fully saturated rings.